The number of nitrogens with one attached hydrogen (secondary N) is 1. The van der Waals surface area contributed by atoms with E-state index in [1.807, 2.05) is 4.90 Å². The fourth-order valence-electron chi connectivity index (χ4n) is 2.58. The monoisotopic (exact) mass is 293 g/mol. The molecule has 2 amide bonds. The minimum atomic E-state index is -0.500. The van der Waals surface area contributed by atoms with Gasteiger partial charge in [-0.1, -0.05) is 0 Å². The molecule has 0 aromatic carbocycles. The number of amides is 2. The lowest BCUT2D eigenvalue weighted by atomic mass is 10.1. The molecule has 0 bridgehead atoms. The van der Waals surface area contributed by atoms with Crippen LogP contribution < -0.4 is 5.32 Å². The fraction of sp³-hybridized carbons (Fsp3) is 0.714. The normalized spacial score (nSPS) is 16.6. The number of piperidine rings is 1. The zero-order valence-corrected chi connectivity index (χ0v) is 12.9. The topological polar surface area (TPSA) is 80.1 Å². The quantitative estimate of drug-likeness (QED) is 0.872. The van der Waals surface area contributed by atoms with Gasteiger partial charge in [-0.15, -0.1) is 0 Å². The molecular weight excluding hydrogens is 270 g/mol. The van der Waals surface area contributed by atoms with E-state index in [-0.39, 0.29) is 18.4 Å². The molecule has 1 saturated heterocycles. The summed E-state index contributed by atoms with van der Waals surface area (Å²) in [6, 6.07) is -0.500. The molecule has 1 aromatic rings. The van der Waals surface area contributed by atoms with Gasteiger partial charge in [0.1, 0.15) is 24.2 Å². The number of carbonyl (C=O) groups excluding carboxylic acids is 2. The highest BCUT2D eigenvalue weighted by atomic mass is 16.2. The summed E-state index contributed by atoms with van der Waals surface area (Å²) in [5.41, 5.74) is 0. The smallest absolute Gasteiger partial charge is 0.244 e. The third-order valence-electron chi connectivity index (χ3n) is 3.67. The van der Waals surface area contributed by atoms with Crippen LogP contribution in [-0.4, -0.2) is 50.6 Å². The molecule has 1 fully saturated rings. The largest absolute Gasteiger partial charge is 0.343 e. The van der Waals surface area contributed by atoms with E-state index in [2.05, 4.69) is 15.4 Å². The average molecular weight is 293 g/mol. The van der Waals surface area contributed by atoms with Gasteiger partial charge in [-0.2, -0.15) is 5.10 Å². The molecule has 7 nitrogen and oxygen atoms in total. The lowest BCUT2D eigenvalue weighted by Gasteiger charge is -2.29. The Morgan fingerprint density at radius 2 is 1.90 bits per heavy atom. The molecule has 7 heteroatoms. The zero-order chi connectivity index (χ0) is 15.4. The van der Waals surface area contributed by atoms with Crippen molar-refractivity contribution in [2.24, 2.45) is 0 Å². The van der Waals surface area contributed by atoms with E-state index >= 15 is 0 Å². The number of hydrogen-bond acceptors (Lipinski definition) is 4. The number of rotatable bonds is 4. The highest BCUT2D eigenvalue weighted by Gasteiger charge is 2.23. The maximum atomic E-state index is 12.2. The number of aryl methyl sites for hydroxylation is 2. The van der Waals surface area contributed by atoms with Gasteiger partial charge in [-0.05, 0) is 40.0 Å². The van der Waals surface area contributed by atoms with E-state index in [4.69, 9.17) is 0 Å². The van der Waals surface area contributed by atoms with Crippen LogP contribution in [0.1, 0.15) is 37.8 Å². The summed E-state index contributed by atoms with van der Waals surface area (Å²) in [5.74, 6) is 1.10. The van der Waals surface area contributed by atoms with Crippen molar-refractivity contribution in [3.05, 3.63) is 11.6 Å². The molecule has 21 heavy (non-hydrogen) atoms. The zero-order valence-electron chi connectivity index (χ0n) is 12.9. The minimum absolute atomic E-state index is 0.00505. The van der Waals surface area contributed by atoms with Crippen molar-refractivity contribution in [1.82, 2.24) is 25.0 Å². The van der Waals surface area contributed by atoms with Crippen LogP contribution >= 0.6 is 0 Å². The molecule has 1 N–H and O–H groups in total. The third-order valence-corrected chi connectivity index (χ3v) is 3.67. The Bertz CT molecular complexity index is 519. The van der Waals surface area contributed by atoms with Crippen LogP contribution in [0.5, 0.6) is 0 Å². The van der Waals surface area contributed by atoms with Crippen LogP contribution in [-0.2, 0) is 16.1 Å². The number of nitrogens with zero attached hydrogens (tertiary/aromatic N) is 4. The molecule has 0 radical (unpaired) electrons. The first-order chi connectivity index (χ1) is 9.97. The number of hydrogen-bond donors (Lipinski definition) is 1. The Hall–Kier alpha value is -1.92. The molecular formula is C14H23N5O2. The summed E-state index contributed by atoms with van der Waals surface area (Å²) in [6.07, 6.45) is 3.27. The first-order valence-electron chi connectivity index (χ1n) is 7.43. The standard InChI is InChI=1S/C14H23N5O2/c1-10(14(21)18-7-5-4-6-8-18)15-13(20)9-19-12(3)16-11(2)17-19/h10H,4-9H2,1-3H3,(H,15,20). The van der Waals surface area contributed by atoms with E-state index in [1.165, 1.54) is 6.42 Å². The van der Waals surface area contributed by atoms with Crippen molar-refractivity contribution >= 4 is 11.8 Å². The van der Waals surface area contributed by atoms with Gasteiger partial charge < -0.3 is 10.2 Å². The van der Waals surface area contributed by atoms with Crippen molar-refractivity contribution in [3.8, 4) is 0 Å². The average Bonchev–Trinajstić information content (AvgIpc) is 2.76. The second kappa shape index (κ2) is 6.69. The Morgan fingerprint density at radius 1 is 1.24 bits per heavy atom. The molecule has 0 aliphatic carbocycles. The first-order valence-corrected chi connectivity index (χ1v) is 7.43. The number of carbonyl (C=O) groups is 2. The summed E-state index contributed by atoms with van der Waals surface area (Å²) < 4.78 is 1.54. The Kier molecular flexibility index (Phi) is 4.93. The predicted octanol–water partition coefficient (Wildman–Crippen LogP) is 0.412. The molecule has 1 atom stereocenters. The van der Waals surface area contributed by atoms with Gasteiger partial charge >= 0.3 is 0 Å². The highest BCUT2D eigenvalue weighted by molar-refractivity contribution is 5.87. The maximum Gasteiger partial charge on any atom is 0.244 e. The molecule has 1 aliphatic heterocycles. The maximum absolute atomic E-state index is 12.2. The van der Waals surface area contributed by atoms with Crippen LogP contribution in [0.15, 0.2) is 0 Å². The molecule has 116 valence electrons. The number of aromatic nitrogens is 3. The van der Waals surface area contributed by atoms with Gasteiger partial charge in [-0.3, -0.25) is 9.59 Å². The molecule has 1 unspecified atom stereocenters. The summed E-state index contributed by atoms with van der Waals surface area (Å²) >= 11 is 0. The van der Waals surface area contributed by atoms with Crippen LogP contribution in [0.4, 0.5) is 0 Å². The van der Waals surface area contributed by atoms with Gasteiger partial charge in [0.15, 0.2) is 0 Å². The molecule has 2 rings (SSSR count). The third kappa shape index (κ3) is 4.03. The van der Waals surface area contributed by atoms with Crippen molar-refractivity contribution in [2.75, 3.05) is 13.1 Å². The summed E-state index contributed by atoms with van der Waals surface area (Å²) in [4.78, 5) is 30.2. The van der Waals surface area contributed by atoms with Crippen molar-refractivity contribution < 1.29 is 9.59 Å². The molecule has 2 heterocycles. The van der Waals surface area contributed by atoms with Crippen molar-refractivity contribution in [2.45, 2.75) is 52.6 Å². The van der Waals surface area contributed by atoms with Crippen molar-refractivity contribution in [1.29, 1.82) is 0 Å². The first kappa shape index (κ1) is 15.5. The van der Waals surface area contributed by atoms with E-state index in [0.717, 1.165) is 25.9 Å². The molecule has 1 aliphatic rings. The Labute approximate surface area is 124 Å². The highest BCUT2D eigenvalue weighted by Crippen LogP contribution is 2.10. The van der Waals surface area contributed by atoms with Gasteiger partial charge in [0.2, 0.25) is 11.8 Å². The predicted molar refractivity (Wildman–Crippen MR) is 77.5 cm³/mol. The minimum Gasteiger partial charge on any atom is -0.343 e. The summed E-state index contributed by atoms with van der Waals surface area (Å²) in [5, 5.41) is 6.88. The van der Waals surface area contributed by atoms with Crippen molar-refractivity contribution in [3.63, 3.8) is 0 Å². The number of likely N-dealkylation sites (tertiary alicyclic amines) is 1. The van der Waals surface area contributed by atoms with Gasteiger partial charge in [0.25, 0.3) is 0 Å². The Balaban J connectivity index is 1.86. The van der Waals surface area contributed by atoms with Crippen LogP contribution in [0.25, 0.3) is 0 Å². The Morgan fingerprint density at radius 3 is 2.48 bits per heavy atom. The SMILES string of the molecule is Cc1nc(C)n(CC(=O)NC(C)C(=O)N2CCCCC2)n1. The van der Waals surface area contributed by atoms with Gasteiger partial charge in [-0.25, -0.2) is 9.67 Å². The molecule has 0 saturated carbocycles. The lowest BCUT2D eigenvalue weighted by Crippen LogP contribution is -2.49. The van der Waals surface area contributed by atoms with Crippen LogP contribution in [0.2, 0.25) is 0 Å². The van der Waals surface area contributed by atoms with Crippen LogP contribution in [0.3, 0.4) is 0 Å². The second-order valence-electron chi connectivity index (χ2n) is 5.54. The fourth-order valence-corrected chi connectivity index (χ4v) is 2.58. The van der Waals surface area contributed by atoms with Gasteiger partial charge in [0, 0.05) is 13.1 Å². The summed E-state index contributed by atoms with van der Waals surface area (Å²) in [7, 11) is 0. The summed E-state index contributed by atoms with van der Waals surface area (Å²) in [6.45, 7) is 6.99. The van der Waals surface area contributed by atoms with E-state index in [9.17, 15) is 9.59 Å². The van der Waals surface area contributed by atoms with Crippen LogP contribution in [0, 0.1) is 13.8 Å². The van der Waals surface area contributed by atoms with Gasteiger partial charge in [0.05, 0.1) is 0 Å². The van der Waals surface area contributed by atoms with E-state index < -0.39 is 6.04 Å². The lowest BCUT2D eigenvalue weighted by molar-refractivity contribution is -0.136. The second-order valence-corrected chi connectivity index (χ2v) is 5.54. The van der Waals surface area contributed by atoms with E-state index in [0.29, 0.717) is 11.6 Å². The molecule has 1 aromatic heterocycles. The van der Waals surface area contributed by atoms with E-state index in [1.54, 1.807) is 25.5 Å². The molecule has 0 spiro atoms.